The third-order valence-corrected chi connectivity index (χ3v) is 3.40. The van der Waals surface area contributed by atoms with Gasteiger partial charge in [-0.25, -0.2) is 0 Å². The first-order chi connectivity index (χ1) is 10.1. The summed E-state index contributed by atoms with van der Waals surface area (Å²) in [6.45, 7) is 5.29. The Balaban J connectivity index is 2.37. The van der Waals surface area contributed by atoms with E-state index in [1.165, 1.54) is 0 Å². The molecule has 1 aliphatic heterocycles. The molecule has 0 fully saturated rings. The molecule has 0 saturated carbocycles. The van der Waals surface area contributed by atoms with Gasteiger partial charge in [0.2, 0.25) is 0 Å². The molecule has 1 aliphatic rings. The third kappa shape index (κ3) is 3.09. The number of fused-ring (bicyclic) bond motifs is 1. The lowest BCUT2D eigenvalue weighted by Crippen LogP contribution is -2.33. The molecule has 0 spiro atoms. The quantitative estimate of drug-likeness (QED) is 0.896. The SMILES string of the molecule is CCN(CC)C(=O)c1c[c]cc2c1OCCC(C(N)=O)O2. The van der Waals surface area contributed by atoms with Crippen LogP contribution >= 0.6 is 0 Å². The minimum absolute atomic E-state index is 0.144. The molecule has 0 saturated heterocycles. The van der Waals surface area contributed by atoms with Crippen molar-refractivity contribution in [2.24, 2.45) is 5.73 Å². The standard InChI is InChI=1S/C15H19N2O4/c1-3-17(4-2)15(19)10-6-5-7-11-13(10)20-9-8-12(21-11)14(16)18/h6-7,12H,3-4,8-9H2,1-2H3,(H2,16,18). The fourth-order valence-corrected chi connectivity index (χ4v) is 2.22. The average molecular weight is 291 g/mol. The molecule has 2 N–H and O–H groups in total. The highest BCUT2D eigenvalue weighted by atomic mass is 16.5. The van der Waals surface area contributed by atoms with Gasteiger partial charge in [0.25, 0.3) is 11.8 Å². The highest BCUT2D eigenvalue weighted by Crippen LogP contribution is 2.35. The van der Waals surface area contributed by atoms with E-state index in [0.717, 1.165) is 0 Å². The molecule has 0 bridgehead atoms. The van der Waals surface area contributed by atoms with Gasteiger partial charge in [-0.3, -0.25) is 9.59 Å². The van der Waals surface area contributed by atoms with Crippen LogP contribution in [-0.2, 0) is 4.79 Å². The fraction of sp³-hybridized carbons (Fsp3) is 0.467. The molecule has 0 aromatic heterocycles. The van der Waals surface area contributed by atoms with Crippen LogP contribution < -0.4 is 15.2 Å². The molecule has 6 nitrogen and oxygen atoms in total. The van der Waals surface area contributed by atoms with Crippen molar-refractivity contribution in [1.82, 2.24) is 4.90 Å². The van der Waals surface area contributed by atoms with Crippen LogP contribution in [0, 0.1) is 6.07 Å². The molecule has 21 heavy (non-hydrogen) atoms. The Labute approximate surface area is 123 Å². The number of hydrogen-bond donors (Lipinski definition) is 1. The largest absolute Gasteiger partial charge is 0.489 e. The van der Waals surface area contributed by atoms with Gasteiger partial charge in [-0.15, -0.1) is 0 Å². The third-order valence-electron chi connectivity index (χ3n) is 3.40. The Bertz CT molecular complexity index is 540. The highest BCUT2D eigenvalue weighted by molar-refractivity contribution is 5.97. The van der Waals surface area contributed by atoms with Gasteiger partial charge in [-0.05, 0) is 32.0 Å². The molecule has 0 aliphatic carbocycles. The van der Waals surface area contributed by atoms with Crippen LogP contribution in [0.1, 0.15) is 30.6 Å². The van der Waals surface area contributed by atoms with Crippen LogP contribution in [0.25, 0.3) is 0 Å². The summed E-state index contributed by atoms with van der Waals surface area (Å²) in [5.41, 5.74) is 5.67. The van der Waals surface area contributed by atoms with E-state index < -0.39 is 12.0 Å². The minimum atomic E-state index is -0.751. The topological polar surface area (TPSA) is 81.9 Å². The molecule has 1 unspecified atom stereocenters. The maximum atomic E-state index is 12.5. The first-order valence-electron chi connectivity index (χ1n) is 7.00. The molecule has 1 atom stereocenters. The lowest BCUT2D eigenvalue weighted by Gasteiger charge is -2.20. The van der Waals surface area contributed by atoms with Crippen LogP contribution in [0.5, 0.6) is 11.5 Å². The van der Waals surface area contributed by atoms with Gasteiger partial charge in [0, 0.05) is 19.5 Å². The van der Waals surface area contributed by atoms with Crippen molar-refractivity contribution in [1.29, 1.82) is 0 Å². The monoisotopic (exact) mass is 291 g/mol. The van der Waals surface area contributed by atoms with E-state index in [-0.39, 0.29) is 12.5 Å². The van der Waals surface area contributed by atoms with Gasteiger partial charge in [0.15, 0.2) is 17.6 Å². The number of nitrogens with two attached hydrogens (primary N) is 1. The van der Waals surface area contributed by atoms with Crippen molar-refractivity contribution in [2.45, 2.75) is 26.4 Å². The predicted molar refractivity (Wildman–Crippen MR) is 76.3 cm³/mol. The molecule has 2 amide bonds. The molecule has 2 rings (SSSR count). The van der Waals surface area contributed by atoms with Crippen molar-refractivity contribution in [2.75, 3.05) is 19.7 Å². The summed E-state index contributed by atoms with van der Waals surface area (Å²) in [6.07, 6.45) is -0.401. The van der Waals surface area contributed by atoms with Crippen molar-refractivity contribution in [3.05, 3.63) is 23.8 Å². The Morgan fingerprint density at radius 1 is 1.38 bits per heavy atom. The number of amides is 2. The normalized spacial score (nSPS) is 17.0. The first kappa shape index (κ1) is 15.2. The summed E-state index contributed by atoms with van der Waals surface area (Å²) >= 11 is 0. The number of rotatable bonds is 4. The second-order valence-electron chi connectivity index (χ2n) is 4.69. The molecule has 113 valence electrons. The molecule has 1 radical (unpaired) electrons. The lowest BCUT2D eigenvalue weighted by molar-refractivity contribution is -0.124. The molecule has 1 aromatic rings. The first-order valence-corrected chi connectivity index (χ1v) is 7.00. The number of carbonyl (C=O) groups excluding carboxylic acids is 2. The number of nitrogens with zero attached hydrogens (tertiary/aromatic N) is 1. The Kier molecular flexibility index (Phi) is 4.67. The molecule has 6 heteroatoms. The summed E-state index contributed by atoms with van der Waals surface area (Å²) < 4.78 is 11.2. The van der Waals surface area contributed by atoms with Gasteiger partial charge >= 0.3 is 0 Å². The van der Waals surface area contributed by atoms with E-state index in [0.29, 0.717) is 36.6 Å². The van der Waals surface area contributed by atoms with Crippen LogP contribution in [0.4, 0.5) is 0 Å². The van der Waals surface area contributed by atoms with Crippen LogP contribution in [0.3, 0.4) is 0 Å². The molecule has 1 aromatic carbocycles. The van der Waals surface area contributed by atoms with Gasteiger partial charge in [0.1, 0.15) is 0 Å². The summed E-state index contributed by atoms with van der Waals surface area (Å²) in [4.78, 5) is 25.5. The smallest absolute Gasteiger partial charge is 0.258 e. The maximum Gasteiger partial charge on any atom is 0.258 e. The Hall–Kier alpha value is -2.24. The highest BCUT2D eigenvalue weighted by Gasteiger charge is 2.27. The Morgan fingerprint density at radius 2 is 2.10 bits per heavy atom. The van der Waals surface area contributed by atoms with Gasteiger partial charge < -0.3 is 20.1 Å². The number of carbonyl (C=O) groups is 2. The zero-order valence-corrected chi connectivity index (χ0v) is 12.2. The second-order valence-corrected chi connectivity index (χ2v) is 4.69. The summed E-state index contributed by atoms with van der Waals surface area (Å²) in [6, 6.07) is 5.98. The van der Waals surface area contributed by atoms with E-state index in [4.69, 9.17) is 15.2 Å². The van der Waals surface area contributed by atoms with Crippen molar-refractivity contribution < 1.29 is 19.1 Å². The van der Waals surface area contributed by atoms with E-state index >= 15 is 0 Å². The number of benzene rings is 1. The van der Waals surface area contributed by atoms with Gasteiger partial charge in [-0.1, -0.05) is 0 Å². The molecular weight excluding hydrogens is 272 g/mol. The summed E-state index contributed by atoms with van der Waals surface area (Å²) in [7, 11) is 0. The zero-order chi connectivity index (χ0) is 15.4. The summed E-state index contributed by atoms with van der Waals surface area (Å²) in [5, 5.41) is 0. The zero-order valence-electron chi connectivity index (χ0n) is 12.2. The van der Waals surface area contributed by atoms with E-state index in [9.17, 15) is 9.59 Å². The van der Waals surface area contributed by atoms with Crippen molar-refractivity contribution in [3.63, 3.8) is 0 Å². The van der Waals surface area contributed by atoms with Crippen LogP contribution in [-0.4, -0.2) is 42.5 Å². The lowest BCUT2D eigenvalue weighted by atomic mass is 10.1. The Morgan fingerprint density at radius 3 is 2.71 bits per heavy atom. The molecule has 1 heterocycles. The second kappa shape index (κ2) is 6.47. The van der Waals surface area contributed by atoms with Crippen molar-refractivity contribution >= 4 is 11.8 Å². The van der Waals surface area contributed by atoms with E-state index in [1.54, 1.807) is 17.0 Å². The molecular formula is C15H19N2O4. The average Bonchev–Trinajstić information content (AvgIpc) is 2.70. The summed E-state index contributed by atoms with van der Waals surface area (Å²) in [5.74, 6) is -0.00939. The number of hydrogen-bond acceptors (Lipinski definition) is 4. The predicted octanol–water partition coefficient (Wildman–Crippen LogP) is 0.984. The van der Waals surface area contributed by atoms with Gasteiger partial charge in [-0.2, -0.15) is 0 Å². The van der Waals surface area contributed by atoms with Crippen LogP contribution in [0.2, 0.25) is 0 Å². The van der Waals surface area contributed by atoms with Crippen LogP contribution in [0.15, 0.2) is 12.1 Å². The van der Waals surface area contributed by atoms with E-state index in [2.05, 4.69) is 6.07 Å². The number of primary amides is 1. The van der Waals surface area contributed by atoms with E-state index in [1.807, 2.05) is 13.8 Å². The van der Waals surface area contributed by atoms with Crippen molar-refractivity contribution in [3.8, 4) is 11.5 Å². The minimum Gasteiger partial charge on any atom is -0.489 e. The fourth-order valence-electron chi connectivity index (χ4n) is 2.22. The maximum absolute atomic E-state index is 12.5. The number of ether oxygens (including phenoxy) is 2. The van der Waals surface area contributed by atoms with Gasteiger partial charge in [0.05, 0.1) is 12.2 Å².